The van der Waals surface area contributed by atoms with E-state index in [1.54, 1.807) is 7.11 Å². The normalized spacial score (nSPS) is 16.0. The van der Waals surface area contributed by atoms with Crippen molar-refractivity contribution in [3.05, 3.63) is 11.8 Å². The summed E-state index contributed by atoms with van der Waals surface area (Å²) in [6.07, 6.45) is 6.18. The van der Waals surface area contributed by atoms with Gasteiger partial charge in [0.15, 0.2) is 0 Å². The summed E-state index contributed by atoms with van der Waals surface area (Å²) in [6.45, 7) is 5.74. The first-order valence-electron chi connectivity index (χ1n) is 7.69. The molecule has 1 fully saturated rings. The lowest BCUT2D eigenvalue weighted by Gasteiger charge is -2.21. The predicted octanol–water partition coefficient (Wildman–Crippen LogP) is 2.83. The molecule has 1 aromatic rings. The molecule has 5 nitrogen and oxygen atoms in total. The molecule has 1 aromatic heterocycles. The first kappa shape index (κ1) is 15.0. The van der Waals surface area contributed by atoms with Crippen molar-refractivity contribution in [1.82, 2.24) is 9.97 Å². The van der Waals surface area contributed by atoms with Crippen molar-refractivity contribution < 1.29 is 4.74 Å². The number of methoxy groups -OCH3 is 1. The van der Waals surface area contributed by atoms with Gasteiger partial charge >= 0.3 is 0 Å². The number of ether oxygens (including phenoxy) is 1. The van der Waals surface area contributed by atoms with Gasteiger partial charge in [-0.25, -0.2) is 4.98 Å². The highest BCUT2D eigenvalue weighted by Crippen LogP contribution is 2.19. The number of anilines is 2. The molecule has 0 saturated carbocycles. The van der Waals surface area contributed by atoms with Gasteiger partial charge in [-0.05, 0) is 19.3 Å². The lowest BCUT2D eigenvalue weighted by molar-refractivity contribution is 0.181. The average molecular weight is 278 g/mol. The van der Waals surface area contributed by atoms with E-state index in [2.05, 4.69) is 27.1 Å². The molecular weight excluding hydrogens is 252 g/mol. The summed E-state index contributed by atoms with van der Waals surface area (Å²) in [7, 11) is 1.70. The van der Waals surface area contributed by atoms with E-state index in [1.807, 2.05) is 6.07 Å². The van der Waals surface area contributed by atoms with Crippen molar-refractivity contribution in [3.8, 4) is 0 Å². The Morgan fingerprint density at radius 1 is 1.20 bits per heavy atom. The van der Waals surface area contributed by atoms with Gasteiger partial charge in [-0.3, -0.25) is 0 Å². The standard InChI is InChI=1S/C15H26N4O/c1-3-8-16-14-11-13(12-20-2)17-15(18-14)19-9-6-4-5-7-10-19/h11H,3-10,12H2,1-2H3,(H,16,17,18). The zero-order valence-corrected chi connectivity index (χ0v) is 12.7. The molecule has 2 rings (SSSR count). The Morgan fingerprint density at radius 2 is 1.95 bits per heavy atom. The minimum Gasteiger partial charge on any atom is -0.378 e. The third kappa shape index (κ3) is 4.34. The van der Waals surface area contributed by atoms with Gasteiger partial charge in [-0.15, -0.1) is 0 Å². The molecule has 0 bridgehead atoms. The highest BCUT2D eigenvalue weighted by molar-refractivity contribution is 5.43. The van der Waals surface area contributed by atoms with Crippen molar-refractivity contribution in [2.75, 3.05) is 37.0 Å². The molecular formula is C15H26N4O. The van der Waals surface area contributed by atoms with E-state index in [4.69, 9.17) is 4.74 Å². The minimum absolute atomic E-state index is 0.532. The minimum atomic E-state index is 0.532. The third-order valence-corrected chi connectivity index (χ3v) is 3.50. The Labute approximate surface area is 121 Å². The maximum atomic E-state index is 5.22. The summed E-state index contributed by atoms with van der Waals surface area (Å²) < 4.78 is 5.22. The van der Waals surface area contributed by atoms with E-state index in [9.17, 15) is 0 Å². The largest absolute Gasteiger partial charge is 0.378 e. The summed E-state index contributed by atoms with van der Waals surface area (Å²) in [5, 5.41) is 3.35. The number of nitrogens with one attached hydrogen (secondary N) is 1. The molecule has 5 heteroatoms. The second-order valence-corrected chi connectivity index (χ2v) is 5.31. The number of hydrogen-bond acceptors (Lipinski definition) is 5. The van der Waals surface area contributed by atoms with Crippen LogP contribution in [-0.2, 0) is 11.3 Å². The molecule has 2 heterocycles. The van der Waals surface area contributed by atoms with E-state index in [0.29, 0.717) is 6.61 Å². The fourth-order valence-corrected chi connectivity index (χ4v) is 2.46. The van der Waals surface area contributed by atoms with Crippen molar-refractivity contribution in [3.63, 3.8) is 0 Å². The van der Waals surface area contributed by atoms with Crippen LogP contribution in [0.15, 0.2) is 6.07 Å². The third-order valence-electron chi connectivity index (χ3n) is 3.50. The van der Waals surface area contributed by atoms with E-state index >= 15 is 0 Å². The summed E-state index contributed by atoms with van der Waals surface area (Å²) in [5.41, 5.74) is 0.945. The van der Waals surface area contributed by atoms with Gasteiger partial charge in [0.2, 0.25) is 5.95 Å². The van der Waals surface area contributed by atoms with Crippen LogP contribution >= 0.6 is 0 Å². The number of aromatic nitrogens is 2. The zero-order valence-electron chi connectivity index (χ0n) is 12.7. The van der Waals surface area contributed by atoms with Crippen LogP contribution in [0.1, 0.15) is 44.7 Å². The van der Waals surface area contributed by atoms with Crippen LogP contribution in [0.3, 0.4) is 0 Å². The van der Waals surface area contributed by atoms with Crippen LogP contribution in [-0.4, -0.2) is 36.7 Å². The molecule has 1 saturated heterocycles. The summed E-state index contributed by atoms with van der Waals surface area (Å²) in [6, 6.07) is 1.99. The van der Waals surface area contributed by atoms with Gasteiger partial charge in [0.05, 0.1) is 12.3 Å². The molecule has 1 N–H and O–H groups in total. The van der Waals surface area contributed by atoms with Gasteiger partial charge in [0.25, 0.3) is 0 Å². The average Bonchev–Trinajstić information content (AvgIpc) is 2.74. The Bertz CT molecular complexity index is 403. The first-order valence-corrected chi connectivity index (χ1v) is 7.69. The quantitative estimate of drug-likeness (QED) is 0.867. The Hall–Kier alpha value is -1.36. The van der Waals surface area contributed by atoms with Gasteiger partial charge in [-0.1, -0.05) is 19.8 Å². The molecule has 0 aromatic carbocycles. The Balaban J connectivity index is 2.17. The summed E-state index contributed by atoms with van der Waals surface area (Å²) in [4.78, 5) is 11.6. The number of nitrogens with zero attached hydrogens (tertiary/aromatic N) is 3. The molecule has 112 valence electrons. The zero-order chi connectivity index (χ0) is 14.2. The number of hydrogen-bond donors (Lipinski definition) is 1. The smallest absolute Gasteiger partial charge is 0.227 e. The fraction of sp³-hybridized carbons (Fsp3) is 0.733. The van der Waals surface area contributed by atoms with E-state index in [-0.39, 0.29) is 0 Å². The van der Waals surface area contributed by atoms with E-state index < -0.39 is 0 Å². The van der Waals surface area contributed by atoms with Crippen molar-refractivity contribution >= 4 is 11.8 Å². The monoisotopic (exact) mass is 278 g/mol. The predicted molar refractivity (Wildman–Crippen MR) is 82.2 cm³/mol. The van der Waals surface area contributed by atoms with Gasteiger partial charge < -0.3 is 15.0 Å². The van der Waals surface area contributed by atoms with Crippen LogP contribution in [0, 0.1) is 0 Å². The lowest BCUT2D eigenvalue weighted by atomic mass is 10.2. The molecule has 0 aliphatic carbocycles. The molecule has 0 unspecified atom stereocenters. The highest BCUT2D eigenvalue weighted by Gasteiger charge is 2.14. The van der Waals surface area contributed by atoms with E-state index in [1.165, 1.54) is 25.7 Å². The van der Waals surface area contributed by atoms with Gasteiger partial charge in [0.1, 0.15) is 5.82 Å². The van der Waals surface area contributed by atoms with Crippen molar-refractivity contribution in [2.45, 2.75) is 45.6 Å². The second-order valence-electron chi connectivity index (χ2n) is 5.31. The molecule has 0 amide bonds. The summed E-state index contributed by atoms with van der Waals surface area (Å²) >= 11 is 0. The Kier molecular flexibility index (Phi) is 6.05. The van der Waals surface area contributed by atoms with Crippen LogP contribution in [0.4, 0.5) is 11.8 Å². The molecule has 0 spiro atoms. The van der Waals surface area contributed by atoms with Crippen LogP contribution < -0.4 is 10.2 Å². The van der Waals surface area contributed by atoms with Crippen LogP contribution in [0.2, 0.25) is 0 Å². The topological polar surface area (TPSA) is 50.3 Å². The highest BCUT2D eigenvalue weighted by atomic mass is 16.5. The van der Waals surface area contributed by atoms with Crippen molar-refractivity contribution in [1.29, 1.82) is 0 Å². The number of rotatable bonds is 6. The molecule has 0 atom stereocenters. The van der Waals surface area contributed by atoms with E-state index in [0.717, 1.165) is 43.5 Å². The van der Waals surface area contributed by atoms with Gasteiger partial charge in [-0.2, -0.15) is 4.98 Å². The Morgan fingerprint density at radius 3 is 2.60 bits per heavy atom. The second kappa shape index (κ2) is 8.04. The molecule has 20 heavy (non-hydrogen) atoms. The van der Waals surface area contributed by atoms with Crippen LogP contribution in [0.25, 0.3) is 0 Å². The van der Waals surface area contributed by atoms with Crippen molar-refractivity contribution in [2.24, 2.45) is 0 Å². The first-order chi connectivity index (χ1) is 9.83. The molecule has 1 aliphatic rings. The fourth-order valence-electron chi connectivity index (χ4n) is 2.46. The maximum Gasteiger partial charge on any atom is 0.227 e. The van der Waals surface area contributed by atoms with Gasteiger partial charge in [0, 0.05) is 32.8 Å². The molecule has 1 aliphatic heterocycles. The maximum absolute atomic E-state index is 5.22. The molecule has 0 radical (unpaired) electrons. The SMILES string of the molecule is CCCNc1cc(COC)nc(N2CCCCCC2)n1. The lowest BCUT2D eigenvalue weighted by Crippen LogP contribution is -2.26. The summed E-state index contributed by atoms with van der Waals surface area (Å²) in [5.74, 6) is 1.76. The van der Waals surface area contributed by atoms with Crippen LogP contribution in [0.5, 0.6) is 0 Å².